The van der Waals surface area contributed by atoms with Crippen LogP contribution < -0.4 is 0 Å². The molecule has 0 radical (unpaired) electrons. The zero-order valence-electron chi connectivity index (χ0n) is 14.1. The first-order valence-corrected chi connectivity index (χ1v) is 8.44. The molecule has 1 aliphatic carbocycles. The number of carbonyl (C=O) groups excluding carboxylic acids is 1. The molecule has 1 spiro atoms. The van der Waals surface area contributed by atoms with Crippen LogP contribution in [-0.2, 0) is 21.3 Å². The molecule has 0 unspecified atom stereocenters. The number of carbonyl (C=O) groups is 1. The molecule has 0 N–H and O–H groups in total. The number of ether oxygens (including phenoxy) is 3. The summed E-state index contributed by atoms with van der Waals surface area (Å²) in [5.74, 6) is -0.265. The first-order valence-electron chi connectivity index (χ1n) is 8.44. The number of aromatic nitrogens is 2. The van der Waals surface area contributed by atoms with E-state index in [4.69, 9.17) is 14.2 Å². The summed E-state index contributed by atoms with van der Waals surface area (Å²) >= 11 is 0. The number of esters is 1. The SMILES string of the molecule is COC(=O)c1ccc(C2CCC3(CC2)OCCO3)c2cn(C)nc12. The van der Waals surface area contributed by atoms with Crippen molar-refractivity contribution < 1.29 is 19.0 Å². The monoisotopic (exact) mass is 330 g/mol. The van der Waals surface area contributed by atoms with Crippen LogP contribution in [-0.4, -0.2) is 41.9 Å². The second-order valence-electron chi connectivity index (χ2n) is 6.64. The minimum absolute atomic E-state index is 0.347. The number of aryl methyl sites for hydroxylation is 1. The molecule has 1 aliphatic heterocycles. The largest absolute Gasteiger partial charge is 0.465 e. The van der Waals surface area contributed by atoms with Gasteiger partial charge in [-0.3, -0.25) is 4.68 Å². The molecule has 0 bridgehead atoms. The highest BCUT2D eigenvalue weighted by molar-refractivity contribution is 6.03. The molecule has 0 atom stereocenters. The number of methoxy groups -OCH3 is 1. The maximum absolute atomic E-state index is 12.0. The third-order valence-corrected chi connectivity index (χ3v) is 5.23. The highest BCUT2D eigenvalue weighted by atomic mass is 16.7. The van der Waals surface area contributed by atoms with Crippen molar-refractivity contribution in [3.05, 3.63) is 29.5 Å². The molecule has 2 aliphatic rings. The van der Waals surface area contributed by atoms with Gasteiger partial charge < -0.3 is 14.2 Å². The summed E-state index contributed by atoms with van der Waals surface area (Å²) in [7, 11) is 3.27. The molecule has 24 heavy (non-hydrogen) atoms. The molecule has 4 rings (SSSR count). The zero-order valence-corrected chi connectivity index (χ0v) is 14.1. The third kappa shape index (κ3) is 2.50. The van der Waals surface area contributed by atoms with Crippen molar-refractivity contribution in [3.63, 3.8) is 0 Å². The van der Waals surface area contributed by atoms with Crippen LogP contribution in [0.5, 0.6) is 0 Å². The Bertz CT molecular complexity index is 767. The molecule has 2 fully saturated rings. The van der Waals surface area contributed by atoms with E-state index in [1.807, 2.05) is 19.3 Å². The maximum Gasteiger partial charge on any atom is 0.340 e. The van der Waals surface area contributed by atoms with Crippen molar-refractivity contribution in [1.82, 2.24) is 9.78 Å². The van der Waals surface area contributed by atoms with Crippen molar-refractivity contribution in [3.8, 4) is 0 Å². The molecule has 6 nitrogen and oxygen atoms in total. The maximum atomic E-state index is 12.0. The van der Waals surface area contributed by atoms with Gasteiger partial charge in [-0.15, -0.1) is 0 Å². The standard InChI is InChI=1S/C18H22N2O4/c1-20-11-15-13(3-4-14(16(15)19-20)17(21)22-2)12-5-7-18(8-6-12)23-9-10-24-18/h3-4,11-12H,5-10H2,1-2H3. The van der Waals surface area contributed by atoms with Gasteiger partial charge in [-0.05, 0) is 30.4 Å². The van der Waals surface area contributed by atoms with Crippen molar-refractivity contribution in [1.29, 1.82) is 0 Å². The summed E-state index contributed by atoms with van der Waals surface area (Å²) in [5.41, 5.74) is 2.49. The van der Waals surface area contributed by atoms with Crippen LogP contribution >= 0.6 is 0 Å². The van der Waals surface area contributed by atoms with E-state index in [-0.39, 0.29) is 11.8 Å². The number of hydrogen-bond donors (Lipinski definition) is 0. The van der Waals surface area contributed by atoms with Gasteiger partial charge in [0.1, 0.15) is 5.52 Å². The van der Waals surface area contributed by atoms with Crippen molar-refractivity contribution >= 4 is 16.9 Å². The number of rotatable bonds is 2. The molecule has 1 saturated carbocycles. The van der Waals surface area contributed by atoms with Crippen LogP contribution in [0, 0.1) is 0 Å². The fourth-order valence-electron chi connectivity index (χ4n) is 4.03. The van der Waals surface area contributed by atoms with E-state index >= 15 is 0 Å². The topological polar surface area (TPSA) is 62.6 Å². The predicted octanol–water partition coefficient (Wildman–Crippen LogP) is 2.76. The Morgan fingerprint density at radius 3 is 2.67 bits per heavy atom. The molecule has 6 heteroatoms. The van der Waals surface area contributed by atoms with Crippen LogP contribution in [0.25, 0.3) is 10.9 Å². The van der Waals surface area contributed by atoms with Gasteiger partial charge in [-0.25, -0.2) is 4.79 Å². The van der Waals surface area contributed by atoms with Crippen molar-refractivity contribution in [2.45, 2.75) is 37.4 Å². The van der Waals surface area contributed by atoms with Gasteiger partial charge >= 0.3 is 5.97 Å². The van der Waals surface area contributed by atoms with Gasteiger partial charge in [0.25, 0.3) is 0 Å². The lowest BCUT2D eigenvalue weighted by Gasteiger charge is -2.35. The van der Waals surface area contributed by atoms with Crippen molar-refractivity contribution in [2.75, 3.05) is 20.3 Å². The van der Waals surface area contributed by atoms with E-state index in [9.17, 15) is 4.79 Å². The molecule has 1 aromatic heterocycles. The number of nitrogens with zero attached hydrogens (tertiary/aromatic N) is 2. The average molecular weight is 330 g/mol. The summed E-state index contributed by atoms with van der Waals surface area (Å²) in [6.07, 6.45) is 5.85. The number of hydrogen-bond acceptors (Lipinski definition) is 5. The summed E-state index contributed by atoms with van der Waals surface area (Å²) in [6, 6.07) is 3.89. The molecule has 0 amide bonds. The zero-order chi connectivity index (χ0) is 16.7. The van der Waals surface area contributed by atoms with E-state index in [1.54, 1.807) is 4.68 Å². The van der Waals surface area contributed by atoms with Crippen LogP contribution in [0.15, 0.2) is 18.3 Å². The Balaban J connectivity index is 1.67. The summed E-state index contributed by atoms with van der Waals surface area (Å²) in [4.78, 5) is 12.0. The van der Waals surface area contributed by atoms with Crippen LogP contribution in [0.4, 0.5) is 0 Å². The first kappa shape index (κ1) is 15.6. The quantitative estimate of drug-likeness (QED) is 0.792. The molecule has 2 heterocycles. The minimum Gasteiger partial charge on any atom is -0.465 e. The molecule has 2 aromatic rings. The highest BCUT2D eigenvalue weighted by Crippen LogP contribution is 2.44. The van der Waals surface area contributed by atoms with E-state index in [0.717, 1.165) is 36.6 Å². The Kier molecular flexibility index (Phi) is 3.81. The smallest absolute Gasteiger partial charge is 0.340 e. The van der Waals surface area contributed by atoms with Gasteiger partial charge in [0, 0.05) is 31.5 Å². The van der Waals surface area contributed by atoms with E-state index in [2.05, 4.69) is 11.2 Å². The predicted molar refractivity (Wildman–Crippen MR) is 87.9 cm³/mol. The van der Waals surface area contributed by atoms with Gasteiger partial charge in [0.15, 0.2) is 5.79 Å². The summed E-state index contributed by atoms with van der Waals surface area (Å²) in [5, 5.41) is 5.51. The lowest BCUT2D eigenvalue weighted by molar-refractivity contribution is -0.178. The Morgan fingerprint density at radius 1 is 1.29 bits per heavy atom. The molecule has 1 saturated heterocycles. The fraction of sp³-hybridized carbons (Fsp3) is 0.556. The van der Waals surface area contributed by atoms with Crippen LogP contribution in [0.1, 0.15) is 47.5 Å². The second kappa shape index (κ2) is 5.86. The van der Waals surface area contributed by atoms with E-state index < -0.39 is 0 Å². The number of fused-ring (bicyclic) bond motifs is 1. The molecule has 128 valence electrons. The summed E-state index contributed by atoms with van der Waals surface area (Å²) < 4.78 is 18.3. The van der Waals surface area contributed by atoms with Gasteiger partial charge in [-0.1, -0.05) is 6.07 Å². The lowest BCUT2D eigenvalue weighted by Crippen LogP contribution is -2.34. The first-order chi connectivity index (χ1) is 11.6. The normalized spacial score (nSPS) is 20.8. The third-order valence-electron chi connectivity index (χ3n) is 5.23. The fourth-order valence-corrected chi connectivity index (χ4v) is 4.03. The number of benzene rings is 1. The second-order valence-corrected chi connectivity index (χ2v) is 6.64. The average Bonchev–Trinajstić information content (AvgIpc) is 3.20. The Hall–Kier alpha value is -1.92. The van der Waals surface area contributed by atoms with E-state index in [0.29, 0.717) is 24.7 Å². The Labute approximate surface area is 140 Å². The molecule has 1 aromatic carbocycles. The van der Waals surface area contributed by atoms with E-state index in [1.165, 1.54) is 12.7 Å². The Morgan fingerprint density at radius 2 is 2.00 bits per heavy atom. The molecular formula is C18H22N2O4. The lowest BCUT2D eigenvalue weighted by atomic mass is 9.79. The van der Waals surface area contributed by atoms with Crippen LogP contribution in [0.3, 0.4) is 0 Å². The van der Waals surface area contributed by atoms with Crippen LogP contribution in [0.2, 0.25) is 0 Å². The van der Waals surface area contributed by atoms with Crippen molar-refractivity contribution in [2.24, 2.45) is 7.05 Å². The highest BCUT2D eigenvalue weighted by Gasteiger charge is 2.41. The molecular weight excluding hydrogens is 308 g/mol. The van der Waals surface area contributed by atoms with Gasteiger partial charge in [0.2, 0.25) is 0 Å². The summed E-state index contributed by atoms with van der Waals surface area (Å²) in [6.45, 7) is 1.40. The van der Waals surface area contributed by atoms with Gasteiger partial charge in [0.05, 0.1) is 25.9 Å². The van der Waals surface area contributed by atoms with Gasteiger partial charge in [-0.2, -0.15) is 5.10 Å². The minimum atomic E-state index is -0.351.